The second-order valence-electron chi connectivity index (χ2n) is 3.19. The number of anilines is 1. The highest BCUT2D eigenvalue weighted by Crippen LogP contribution is 2.20. The number of nitrogen functional groups attached to an aromatic ring is 1. The largest absolute Gasteiger partial charge is 0.388 e. The van der Waals surface area contributed by atoms with Gasteiger partial charge >= 0.3 is 0 Å². The van der Waals surface area contributed by atoms with Crippen LogP contribution in [0.5, 0.6) is 0 Å². The van der Waals surface area contributed by atoms with Crippen molar-refractivity contribution in [3.8, 4) is 0 Å². The molecule has 1 amide bonds. The van der Waals surface area contributed by atoms with Crippen molar-refractivity contribution >= 4 is 11.7 Å². The number of H-pyrrole nitrogens is 1. The van der Waals surface area contributed by atoms with E-state index in [-0.39, 0.29) is 18.3 Å². The molecule has 1 heterocycles. The maximum absolute atomic E-state index is 10.6. The van der Waals surface area contributed by atoms with Crippen molar-refractivity contribution in [2.45, 2.75) is 19.1 Å². The monoisotopic (exact) mass is 214 g/mol. The molecule has 0 aliphatic heterocycles. The van der Waals surface area contributed by atoms with Crippen molar-refractivity contribution in [2.24, 2.45) is 0 Å². The fraction of sp³-hybridized carbons (Fsp3) is 0.500. The molecule has 0 aromatic carbocycles. The van der Waals surface area contributed by atoms with Crippen molar-refractivity contribution in [3.63, 3.8) is 0 Å². The first-order valence-electron chi connectivity index (χ1n) is 4.41. The van der Waals surface area contributed by atoms with Gasteiger partial charge in [-0.15, -0.1) is 0 Å². The summed E-state index contributed by atoms with van der Waals surface area (Å²) in [6, 6.07) is 0. The molecular formula is C8H14N4O3. The second-order valence-corrected chi connectivity index (χ2v) is 3.19. The van der Waals surface area contributed by atoms with E-state index in [9.17, 15) is 15.0 Å². The van der Waals surface area contributed by atoms with Crippen molar-refractivity contribution in [2.75, 3.05) is 12.3 Å². The summed E-state index contributed by atoms with van der Waals surface area (Å²) >= 11 is 0. The minimum absolute atomic E-state index is 0.0406. The Morgan fingerprint density at radius 3 is 2.87 bits per heavy atom. The third-order valence-corrected chi connectivity index (χ3v) is 1.94. The third-order valence-electron chi connectivity index (χ3n) is 1.94. The lowest BCUT2D eigenvalue weighted by molar-refractivity contribution is -0.119. The highest BCUT2D eigenvalue weighted by atomic mass is 16.3. The Morgan fingerprint density at radius 1 is 1.73 bits per heavy atom. The van der Waals surface area contributed by atoms with Crippen LogP contribution in [0.15, 0.2) is 6.20 Å². The molecule has 84 valence electrons. The van der Waals surface area contributed by atoms with Crippen LogP contribution < -0.4 is 11.1 Å². The van der Waals surface area contributed by atoms with Gasteiger partial charge in [0.15, 0.2) is 0 Å². The van der Waals surface area contributed by atoms with Crippen LogP contribution in [0.2, 0.25) is 0 Å². The number of nitrogens with one attached hydrogen (secondary N) is 2. The number of carbonyl (C=O) groups is 1. The van der Waals surface area contributed by atoms with E-state index in [0.717, 1.165) is 0 Å². The van der Waals surface area contributed by atoms with E-state index in [1.165, 1.54) is 13.1 Å². The zero-order chi connectivity index (χ0) is 11.4. The summed E-state index contributed by atoms with van der Waals surface area (Å²) in [7, 11) is 0. The smallest absolute Gasteiger partial charge is 0.216 e. The minimum atomic E-state index is -1.17. The van der Waals surface area contributed by atoms with Crippen molar-refractivity contribution in [3.05, 3.63) is 11.8 Å². The van der Waals surface area contributed by atoms with Gasteiger partial charge in [-0.2, -0.15) is 5.10 Å². The fourth-order valence-corrected chi connectivity index (χ4v) is 1.11. The van der Waals surface area contributed by atoms with E-state index in [4.69, 9.17) is 5.73 Å². The van der Waals surface area contributed by atoms with Crippen molar-refractivity contribution in [1.82, 2.24) is 15.5 Å². The lowest BCUT2D eigenvalue weighted by Crippen LogP contribution is -2.34. The van der Waals surface area contributed by atoms with E-state index in [1.54, 1.807) is 0 Å². The molecule has 1 aromatic heterocycles. The number of rotatable bonds is 4. The summed E-state index contributed by atoms with van der Waals surface area (Å²) in [5, 5.41) is 27.6. The Morgan fingerprint density at radius 2 is 2.40 bits per heavy atom. The number of amides is 1. The van der Waals surface area contributed by atoms with Crippen LogP contribution in [0.3, 0.4) is 0 Å². The van der Waals surface area contributed by atoms with Crippen LogP contribution >= 0.6 is 0 Å². The van der Waals surface area contributed by atoms with Crippen LogP contribution in [0.25, 0.3) is 0 Å². The number of nitrogens with two attached hydrogens (primary N) is 1. The van der Waals surface area contributed by atoms with Gasteiger partial charge in [0.2, 0.25) is 5.91 Å². The molecule has 0 saturated carbocycles. The van der Waals surface area contributed by atoms with Crippen molar-refractivity contribution < 1.29 is 15.0 Å². The zero-order valence-electron chi connectivity index (χ0n) is 8.27. The quantitative estimate of drug-likeness (QED) is 0.418. The molecule has 6 N–H and O–H groups in total. The number of hydrogen-bond acceptors (Lipinski definition) is 5. The van der Waals surface area contributed by atoms with E-state index in [2.05, 4.69) is 15.5 Å². The number of aliphatic hydroxyl groups is 2. The highest BCUT2D eigenvalue weighted by Gasteiger charge is 2.21. The molecule has 0 spiro atoms. The Kier molecular flexibility index (Phi) is 3.64. The first-order chi connectivity index (χ1) is 7.02. The standard InChI is InChI=1S/C8H14N4O3/c1-4(13)10-3-6(14)7(15)5-2-11-12-8(5)9/h2,6-7,14-15H,3H2,1H3,(H,10,13)(H3,9,11,12). The maximum atomic E-state index is 10.6. The van der Waals surface area contributed by atoms with Crippen LogP contribution in [-0.4, -0.2) is 39.0 Å². The Labute approximate surface area is 86.3 Å². The summed E-state index contributed by atoms with van der Waals surface area (Å²) in [6.45, 7) is 1.28. The molecule has 0 aliphatic rings. The first kappa shape index (κ1) is 11.5. The molecule has 15 heavy (non-hydrogen) atoms. The molecule has 0 aliphatic carbocycles. The van der Waals surface area contributed by atoms with Crippen LogP contribution in [-0.2, 0) is 4.79 Å². The summed E-state index contributed by atoms with van der Waals surface area (Å²) in [5.74, 6) is -0.0780. The van der Waals surface area contributed by atoms with Gasteiger partial charge in [0, 0.05) is 19.0 Å². The van der Waals surface area contributed by atoms with Gasteiger partial charge in [0.05, 0.1) is 6.20 Å². The molecule has 0 bridgehead atoms. The average molecular weight is 214 g/mol. The van der Waals surface area contributed by atoms with Gasteiger partial charge in [-0.1, -0.05) is 0 Å². The zero-order valence-corrected chi connectivity index (χ0v) is 8.27. The van der Waals surface area contributed by atoms with E-state index < -0.39 is 12.2 Å². The molecule has 0 saturated heterocycles. The molecular weight excluding hydrogens is 200 g/mol. The number of hydrogen-bond donors (Lipinski definition) is 5. The Hall–Kier alpha value is -1.60. The number of aliphatic hydroxyl groups excluding tert-OH is 2. The normalized spacial score (nSPS) is 14.6. The van der Waals surface area contributed by atoms with Crippen LogP contribution in [0.4, 0.5) is 5.82 Å². The van der Waals surface area contributed by atoms with Gasteiger partial charge in [-0.05, 0) is 0 Å². The number of nitrogens with zero attached hydrogens (tertiary/aromatic N) is 1. The SMILES string of the molecule is CC(=O)NCC(O)C(O)c1cn[nH]c1N. The van der Waals surface area contributed by atoms with Crippen molar-refractivity contribution in [1.29, 1.82) is 0 Å². The summed E-state index contributed by atoms with van der Waals surface area (Å²) in [6.07, 6.45) is -0.957. The third kappa shape index (κ3) is 2.93. The number of aromatic nitrogens is 2. The number of carbonyl (C=O) groups excluding carboxylic acids is 1. The van der Waals surface area contributed by atoms with Crippen LogP contribution in [0.1, 0.15) is 18.6 Å². The molecule has 7 heteroatoms. The summed E-state index contributed by atoms with van der Waals surface area (Å²) in [5.41, 5.74) is 5.77. The molecule has 1 rings (SSSR count). The molecule has 1 aromatic rings. The lowest BCUT2D eigenvalue weighted by atomic mass is 10.1. The average Bonchev–Trinajstić information content (AvgIpc) is 2.59. The Bertz CT molecular complexity index is 338. The van der Waals surface area contributed by atoms with Gasteiger partial charge < -0.3 is 21.3 Å². The van der Waals surface area contributed by atoms with Gasteiger partial charge in [-0.3, -0.25) is 9.89 Å². The van der Waals surface area contributed by atoms with Gasteiger partial charge in [0.25, 0.3) is 0 Å². The maximum Gasteiger partial charge on any atom is 0.216 e. The fourth-order valence-electron chi connectivity index (χ4n) is 1.11. The predicted octanol–water partition coefficient (Wildman–Crippen LogP) is -1.48. The topological polar surface area (TPSA) is 124 Å². The Balaban J connectivity index is 2.57. The van der Waals surface area contributed by atoms with Gasteiger partial charge in [0.1, 0.15) is 18.0 Å². The summed E-state index contributed by atoms with van der Waals surface area (Å²) < 4.78 is 0. The highest BCUT2D eigenvalue weighted by molar-refractivity contribution is 5.72. The number of aromatic amines is 1. The predicted molar refractivity (Wildman–Crippen MR) is 52.7 cm³/mol. The second kappa shape index (κ2) is 4.76. The summed E-state index contributed by atoms with van der Waals surface area (Å²) in [4.78, 5) is 10.6. The molecule has 0 fully saturated rings. The van der Waals surface area contributed by atoms with E-state index >= 15 is 0 Å². The lowest BCUT2D eigenvalue weighted by Gasteiger charge is -2.17. The van der Waals surface area contributed by atoms with Gasteiger partial charge in [-0.25, -0.2) is 0 Å². The minimum Gasteiger partial charge on any atom is -0.388 e. The molecule has 0 radical (unpaired) electrons. The molecule has 2 unspecified atom stereocenters. The van der Waals surface area contributed by atoms with Crippen LogP contribution in [0, 0.1) is 0 Å². The molecule has 7 nitrogen and oxygen atoms in total. The van der Waals surface area contributed by atoms with E-state index in [0.29, 0.717) is 5.56 Å². The molecule has 2 atom stereocenters. The first-order valence-corrected chi connectivity index (χ1v) is 4.41. The van der Waals surface area contributed by atoms with E-state index in [1.807, 2.05) is 0 Å².